The van der Waals surface area contributed by atoms with E-state index in [4.69, 9.17) is 4.42 Å². The van der Waals surface area contributed by atoms with Crippen LogP contribution >= 0.6 is 0 Å². The second-order valence-electron chi connectivity index (χ2n) is 3.27. The Balaban J connectivity index is 2.98. The second kappa shape index (κ2) is 3.24. The molecule has 0 bridgehead atoms. The fourth-order valence-electron chi connectivity index (χ4n) is 1.42. The predicted octanol–water partition coefficient (Wildman–Crippen LogP) is 1.62. The first kappa shape index (κ1) is 9.45. The SMILES string of the molecule is Cc1ccc2oc(=O)c(C=O)c(O)c2c1. The van der Waals surface area contributed by atoms with Gasteiger partial charge in [-0.25, -0.2) is 4.79 Å². The van der Waals surface area contributed by atoms with Crippen molar-refractivity contribution < 1.29 is 14.3 Å². The highest BCUT2D eigenvalue weighted by Gasteiger charge is 2.12. The maximum atomic E-state index is 11.2. The molecule has 2 aromatic rings. The lowest BCUT2D eigenvalue weighted by atomic mass is 10.1. The molecule has 1 heterocycles. The van der Waals surface area contributed by atoms with Crippen LogP contribution < -0.4 is 5.63 Å². The fourth-order valence-corrected chi connectivity index (χ4v) is 1.42. The monoisotopic (exact) mass is 204 g/mol. The van der Waals surface area contributed by atoms with Crippen LogP contribution in [0, 0.1) is 6.92 Å². The fraction of sp³-hybridized carbons (Fsp3) is 0.0909. The molecule has 0 aliphatic rings. The number of carbonyl (C=O) groups excluding carboxylic acids is 1. The molecule has 0 aliphatic carbocycles. The van der Waals surface area contributed by atoms with Gasteiger partial charge in [-0.1, -0.05) is 11.6 Å². The van der Waals surface area contributed by atoms with Gasteiger partial charge in [-0.05, 0) is 19.1 Å². The second-order valence-corrected chi connectivity index (χ2v) is 3.27. The molecule has 2 rings (SSSR count). The summed E-state index contributed by atoms with van der Waals surface area (Å²) in [5.74, 6) is -0.319. The molecule has 0 spiro atoms. The summed E-state index contributed by atoms with van der Waals surface area (Å²) < 4.78 is 4.87. The van der Waals surface area contributed by atoms with Gasteiger partial charge in [0.1, 0.15) is 16.9 Å². The van der Waals surface area contributed by atoms with Gasteiger partial charge < -0.3 is 9.52 Å². The van der Waals surface area contributed by atoms with Crippen LogP contribution in [-0.4, -0.2) is 11.4 Å². The normalized spacial score (nSPS) is 10.5. The Morgan fingerprint density at radius 3 is 2.80 bits per heavy atom. The first-order valence-electron chi connectivity index (χ1n) is 4.35. The maximum absolute atomic E-state index is 11.2. The van der Waals surface area contributed by atoms with Crippen LogP contribution in [0.1, 0.15) is 15.9 Å². The van der Waals surface area contributed by atoms with E-state index in [2.05, 4.69) is 0 Å². The van der Waals surface area contributed by atoms with E-state index in [9.17, 15) is 14.7 Å². The van der Waals surface area contributed by atoms with E-state index in [0.29, 0.717) is 11.7 Å². The number of fused-ring (bicyclic) bond motifs is 1. The minimum absolute atomic E-state index is 0.272. The van der Waals surface area contributed by atoms with Gasteiger partial charge in [0.15, 0.2) is 6.29 Å². The molecule has 0 aliphatic heterocycles. The molecule has 0 fully saturated rings. The maximum Gasteiger partial charge on any atom is 0.350 e. The Labute approximate surface area is 84.8 Å². The van der Waals surface area contributed by atoms with Crippen molar-refractivity contribution in [3.05, 3.63) is 39.7 Å². The minimum Gasteiger partial charge on any atom is -0.506 e. The van der Waals surface area contributed by atoms with Crippen LogP contribution in [0.3, 0.4) is 0 Å². The van der Waals surface area contributed by atoms with Crippen molar-refractivity contribution in [2.45, 2.75) is 6.92 Å². The van der Waals surface area contributed by atoms with Crippen LogP contribution in [-0.2, 0) is 0 Å². The van der Waals surface area contributed by atoms with Gasteiger partial charge in [0, 0.05) is 0 Å². The third kappa shape index (κ3) is 1.40. The summed E-state index contributed by atoms with van der Waals surface area (Å²) in [7, 11) is 0. The Morgan fingerprint density at radius 2 is 2.13 bits per heavy atom. The van der Waals surface area contributed by atoms with Crippen molar-refractivity contribution in [3.63, 3.8) is 0 Å². The third-order valence-electron chi connectivity index (χ3n) is 2.19. The van der Waals surface area contributed by atoms with Gasteiger partial charge in [0.05, 0.1) is 5.39 Å². The molecule has 0 amide bonds. The van der Waals surface area contributed by atoms with Gasteiger partial charge >= 0.3 is 5.63 Å². The van der Waals surface area contributed by atoms with E-state index >= 15 is 0 Å². The Bertz CT molecular complexity index is 595. The van der Waals surface area contributed by atoms with Gasteiger partial charge in [-0.3, -0.25) is 4.79 Å². The van der Waals surface area contributed by atoms with Gasteiger partial charge in [0.2, 0.25) is 0 Å². The van der Waals surface area contributed by atoms with Crippen molar-refractivity contribution in [3.8, 4) is 5.75 Å². The standard InChI is InChI=1S/C11H8O4/c1-6-2-3-9-7(4-6)10(13)8(5-12)11(14)15-9/h2-5,13H,1H3. The number of aldehydes is 1. The first-order valence-corrected chi connectivity index (χ1v) is 4.35. The Hall–Kier alpha value is -2.10. The molecule has 0 saturated carbocycles. The van der Waals surface area contributed by atoms with Crippen molar-refractivity contribution in [2.75, 3.05) is 0 Å². The molecule has 15 heavy (non-hydrogen) atoms. The summed E-state index contributed by atoms with van der Waals surface area (Å²) in [5, 5.41) is 10.0. The smallest absolute Gasteiger partial charge is 0.350 e. The molecule has 4 heteroatoms. The number of aromatic hydroxyl groups is 1. The third-order valence-corrected chi connectivity index (χ3v) is 2.19. The summed E-state index contributed by atoms with van der Waals surface area (Å²) in [4.78, 5) is 21.8. The molecule has 0 unspecified atom stereocenters. The van der Waals surface area contributed by atoms with Crippen molar-refractivity contribution in [1.29, 1.82) is 0 Å². The zero-order valence-corrected chi connectivity index (χ0v) is 7.98. The lowest BCUT2D eigenvalue weighted by Gasteiger charge is -2.02. The minimum atomic E-state index is -0.821. The number of hydrogen-bond donors (Lipinski definition) is 1. The van der Waals surface area contributed by atoms with Gasteiger partial charge in [-0.15, -0.1) is 0 Å². The molecular weight excluding hydrogens is 196 g/mol. The summed E-state index contributed by atoms with van der Waals surface area (Å²) in [5.41, 5.74) is 0.0177. The molecule has 0 atom stereocenters. The molecule has 1 N–H and O–H groups in total. The highest BCUT2D eigenvalue weighted by molar-refractivity contribution is 5.92. The highest BCUT2D eigenvalue weighted by Crippen LogP contribution is 2.25. The van der Waals surface area contributed by atoms with Crippen LogP contribution in [0.2, 0.25) is 0 Å². The topological polar surface area (TPSA) is 67.5 Å². The average Bonchev–Trinajstić information content (AvgIpc) is 2.20. The number of hydrogen-bond acceptors (Lipinski definition) is 4. The van der Waals surface area contributed by atoms with Gasteiger partial charge in [0.25, 0.3) is 0 Å². The molecule has 4 nitrogen and oxygen atoms in total. The van der Waals surface area contributed by atoms with Crippen LogP contribution in [0.15, 0.2) is 27.4 Å². The number of rotatable bonds is 1. The summed E-state index contributed by atoms with van der Waals surface area (Å²) >= 11 is 0. The lowest BCUT2D eigenvalue weighted by Crippen LogP contribution is -2.06. The number of aryl methyl sites for hydroxylation is 1. The summed E-state index contributed by atoms with van der Waals surface area (Å²) in [6.07, 6.45) is 0.295. The first-order chi connectivity index (χ1) is 7.13. The summed E-state index contributed by atoms with van der Waals surface area (Å²) in [6.45, 7) is 1.84. The van der Waals surface area contributed by atoms with Gasteiger partial charge in [-0.2, -0.15) is 0 Å². The van der Waals surface area contributed by atoms with Crippen molar-refractivity contribution >= 4 is 17.3 Å². The molecule has 0 radical (unpaired) electrons. The van der Waals surface area contributed by atoms with E-state index in [0.717, 1.165) is 5.56 Å². The largest absolute Gasteiger partial charge is 0.506 e. The van der Waals surface area contributed by atoms with E-state index in [1.165, 1.54) is 0 Å². The molecule has 1 aromatic carbocycles. The molecule has 1 aromatic heterocycles. The number of carbonyl (C=O) groups is 1. The average molecular weight is 204 g/mol. The van der Waals surface area contributed by atoms with E-state index in [-0.39, 0.29) is 16.9 Å². The summed E-state index contributed by atoms with van der Waals surface area (Å²) in [6, 6.07) is 4.99. The van der Waals surface area contributed by atoms with E-state index < -0.39 is 5.63 Å². The van der Waals surface area contributed by atoms with Crippen LogP contribution in [0.5, 0.6) is 5.75 Å². The van der Waals surface area contributed by atoms with E-state index in [1.54, 1.807) is 18.2 Å². The van der Waals surface area contributed by atoms with Crippen molar-refractivity contribution in [1.82, 2.24) is 0 Å². The van der Waals surface area contributed by atoms with E-state index in [1.807, 2.05) is 6.92 Å². The van der Waals surface area contributed by atoms with Crippen LogP contribution in [0.25, 0.3) is 11.0 Å². The zero-order chi connectivity index (χ0) is 11.0. The molecular formula is C11H8O4. The quantitative estimate of drug-likeness (QED) is 0.566. The Kier molecular flexibility index (Phi) is 2.04. The molecule has 0 saturated heterocycles. The predicted molar refractivity (Wildman–Crippen MR) is 54.3 cm³/mol. The highest BCUT2D eigenvalue weighted by atomic mass is 16.4. The van der Waals surface area contributed by atoms with Crippen molar-refractivity contribution in [2.24, 2.45) is 0 Å². The van der Waals surface area contributed by atoms with Crippen LogP contribution in [0.4, 0.5) is 0 Å². The molecule has 76 valence electrons. The zero-order valence-electron chi connectivity index (χ0n) is 7.98. The number of benzene rings is 1. The lowest BCUT2D eigenvalue weighted by molar-refractivity contribution is 0.111. The Morgan fingerprint density at radius 1 is 1.40 bits per heavy atom.